The molecule has 2 heterocycles. The van der Waals surface area contributed by atoms with E-state index in [4.69, 9.17) is 0 Å². The van der Waals surface area contributed by atoms with E-state index in [2.05, 4.69) is 14.9 Å². The Bertz CT molecular complexity index is 943. The van der Waals surface area contributed by atoms with Crippen LogP contribution in [0, 0.1) is 5.82 Å². The molecule has 136 valence electrons. The number of hydrogen-bond acceptors (Lipinski definition) is 5. The Labute approximate surface area is 155 Å². The van der Waals surface area contributed by atoms with Crippen molar-refractivity contribution in [1.82, 2.24) is 19.4 Å². The molecule has 0 aliphatic heterocycles. The van der Waals surface area contributed by atoms with Crippen molar-refractivity contribution < 1.29 is 4.39 Å². The number of pyridine rings is 1. The van der Waals surface area contributed by atoms with Gasteiger partial charge in [-0.25, -0.2) is 9.37 Å². The molecule has 7 heteroatoms. The largest absolute Gasteiger partial charge is 0.309 e. The fourth-order valence-corrected chi connectivity index (χ4v) is 3.59. The number of rotatable bonds is 7. The maximum atomic E-state index is 13.6. The minimum Gasteiger partial charge on any atom is -0.309 e. The Morgan fingerprint density at radius 3 is 2.81 bits per heavy atom. The van der Waals surface area contributed by atoms with Gasteiger partial charge in [-0.3, -0.25) is 14.3 Å². The van der Waals surface area contributed by atoms with Crippen LogP contribution >= 0.6 is 11.8 Å². The summed E-state index contributed by atoms with van der Waals surface area (Å²) >= 11 is 1.47. The van der Waals surface area contributed by atoms with Crippen LogP contribution in [0.4, 0.5) is 4.39 Å². The van der Waals surface area contributed by atoms with Gasteiger partial charge >= 0.3 is 0 Å². The smallest absolute Gasteiger partial charge is 0.262 e. The number of thioether (sulfide) groups is 1. The Hall–Kier alpha value is -2.25. The van der Waals surface area contributed by atoms with E-state index in [1.54, 1.807) is 16.8 Å². The minimum atomic E-state index is -0.426. The van der Waals surface area contributed by atoms with E-state index in [1.807, 2.05) is 32.3 Å². The molecule has 0 radical (unpaired) electrons. The second-order valence-electron chi connectivity index (χ2n) is 6.28. The van der Waals surface area contributed by atoms with E-state index in [-0.39, 0.29) is 5.56 Å². The average molecular weight is 372 g/mol. The first kappa shape index (κ1) is 18.5. The number of benzene rings is 1. The third-order valence-corrected chi connectivity index (χ3v) is 4.95. The monoisotopic (exact) mass is 372 g/mol. The molecule has 5 nitrogen and oxygen atoms in total. The normalized spacial score (nSPS) is 11.4. The number of aromatic nitrogens is 3. The molecule has 0 saturated carbocycles. The molecular formula is C19H21FN4OS. The topological polar surface area (TPSA) is 51.0 Å². The van der Waals surface area contributed by atoms with Gasteiger partial charge in [0.2, 0.25) is 0 Å². The van der Waals surface area contributed by atoms with Crippen LogP contribution in [0.5, 0.6) is 0 Å². The van der Waals surface area contributed by atoms with Crippen molar-refractivity contribution in [1.29, 1.82) is 0 Å². The Morgan fingerprint density at radius 2 is 2.08 bits per heavy atom. The fraction of sp³-hybridized carbons (Fsp3) is 0.316. The number of nitrogens with zero attached hydrogens (tertiary/aromatic N) is 4. The molecule has 26 heavy (non-hydrogen) atoms. The summed E-state index contributed by atoms with van der Waals surface area (Å²) in [4.78, 5) is 23.9. The summed E-state index contributed by atoms with van der Waals surface area (Å²) in [6.07, 6.45) is 2.56. The molecule has 2 aromatic heterocycles. The lowest BCUT2D eigenvalue weighted by Gasteiger charge is -2.14. The SMILES string of the molecule is CN(C)CCCn1c(SCc2ccccn2)nc2ccc(F)cc2c1=O. The molecule has 3 aromatic rings. The van der Waals surface area contributed by atoms with Crippen molar-refractivity contribution >= 4 is 22.7 Å². The lowest BCUT2D eigenvalue weighted by molar-refractivity contribution is 0.379. The summed E-state index contributed by atoms with van der Waals surface area (Å²) in [5, 5.41) is 0.954. The molecule has 0 saturated heterocycles. The van der Waals surface area contributed by atoms with Crippen molar-refractivity contribution in [3.63, 3.8) is 0 Å². The molecule has 0 aliphatic carbocycles. The van der Waals surface area contributed by atoms with E-state index < -0.39 is 5.82 Å². The first-order chi connectivity index (χ1) is 12.5. The van der Waals surface area contributed by atoms with E-state index in [0.29, 0.717) is 28.4 Å². The van der Waals surface area contributed by atoms with Crippen LogP contribution in [0.15, 0.2) is 52.5 Å². The van der Waals surface area contributed by atoms with E-state index >= 15 is 0 Å². The van der Waals surface area contributed by atoms with Crippen molar-refractivity contribution in [3.05, 3.63) is 64.5 Å². The third kappa shape index (κ3) is 4.47. The molecule has 0 unspecified atom stereocenters. The van der Waals surface area contributed by atoms with Crippen LogP contribution in [0.25, 0.3) is 10.9 Å². The lowest BCUT2D eigenvalue weighted by Crippen LogP contribution is -2.25. The highest BCUT2D eigenvalue weighted by Crippen LogP contribution is 2.22. The zero-order chi connectivity index (χ0) is 18.5. The minimum absolute atomic E-state index is 0.197. The summed E-state index contributed by atoms with van der Waals surface area (Å²) in [6, 6.07) is 9.90. The van der Waals surface area contributed by atoms with Gasteiger partial charge in [0.25, 0.3) is 5.56 Å². The molecule has 0 amide bonds. The molecule has 3 rings (SSSR count). The Balaban J connectivity index is 1.95. The summed E-state index contributed by atoms with van der Waals surface area (Å²) in [6.45, 7) is 1.40. The molecule has 0 N–H and O–H groups in total. The molecule has 0 bridgehead atoms. The van der Waals surface area contributed by atoms with Gasteiger partial charge in [-0.15, -0.1) is 0 Å². The van der Waals surface area contributed by atoms with Gasteiger partial charge in [-0.2, -0.15) is 0 Å². The highest BCUT2D eigenvalue weighted by Gasteiger charge is 2.13. The van der Waals surface area contributed by atoms with Crippen LogP contribution in [-0.4, -0.2) is 40.1 Å². The highest BCUT2D eigenvalue weighted by atomic mass is 32.2. The molecule has 0 aliphatic rings. The molecule has 1 aromatic carbocycles. The molecular weight excluding hydrogens is 351 g/mol. The third-order valence-electron chi connectivity index (χ3n) is 3.94. The number of halogens is 1. The predicted octanol–water partition coefficient (Wildman–Crippen LogP) is 3.17. The fourth-order valence-electron chi connectivity index (χ4n) is 2.65. The van der Waals surface area contributed by atoms with Gasteiger partial charge < -0.3 is 4.90 Å². The quantitative estimate of drug-likeness (QED) is 0.471. The molecule has 0 fully saturated rings. The van der Waals surface area contributed by atoms with E-state index in [0.717, 1.165) is 18.7 Å². The average Bonchev–Trinajstić information content (AvgIpc) is 2.63. The summed E-state index contributed by atoms with van der Waals surface area (Å²) in [5.41, 5.74) is 1.24. The van der Waals surface area contributed by atoms with Crippen molar-refractivity contribution in [2.75, 3.05) is 20.6 Å². The second kappa shape index (κ2) is 8.42. The van der Waals surface area contributed by atoms with Crippen molar-refractivity contribution in [2.45, 2.75) is 23.9 Å². The number of fused-ring (bicyclic) bond motifs is 1. The maximum absolute atomic E-state index is 13.6. The van der Waals surface area contributed by atoms with Crippen molar-refractivity contribution in [2.24, 2.45) is 0 Å². The standard InChI is InChI=1S/C19H21FN4OS/c1-23(2)10-5-11-24-18(25)16-12-14(20)7-8-17(16)22-19(24)26-13-15-6-3-4-9-21-15/h3-4,6-9,12H,5,10-11,13H2,1-2H3. The number of hydrogen-bond donors (Lipinski definition) is 0. The summed E-state index contributed by atoms with van der Waals surface area (Å²) < 4.78 is 15.2. The molecule has 0 atom stereocenters. The van der Waals surface area contributed by atoms with Crippen molar-refractivity contribution in [3.8, 4) is 0 Å². The highest BCUT2D eigenvalue weighted by molar-refractivity contribution is 7.98. The Kier molecular flexibility index (Phi) is 6.00. The summed E-state index contributed by atoms with van der Waals surface area (Å²) in [7, 11) is 3.99. The predicted molar refractivity (Wildman–Crippen MR) is 103 cm³/mol. The second-order valence-corrected chi connectivity index (χ2v) is 7.22. The van der Waals surface area contributed by atoms with E-state index in [9.17, 15) is 9.18 Å². The van der Waals surface area contributed by atoms with Crippen LogP contribution in [-0.2, 0) is 12.3 Å². The first-order valence-corrected chi connectivity index (χ1v) is 9.40. The van der Waals surface area contributed by atoms with Gasteiger partial charge in [0.05, 0.1) is 16.6 Å². The zero-order valence-electron chi connectivity index (χ0n) is 14.9. The first-order valence-electron chi connectivity index (χ1n) is 8.42. The van der Waals surface area contributed by atoms with Gasteiger partial charge in [-0.1, -0.05) is 17.8 Å². The maximum Gasteiger partial charge on any atom is 0.262 e. The van der Waals surface area contributed by atoms with Crippen LogP contribution in [0.1, 0.15) is 12.1 Å². The van der Waals surface area contributed by atoms with Gasteiger partial charge in [-0.05, 0) is 57.4 Å². The van der Waals surface area contributed by atoms with Crippen LogP contribution in [0.3, 0.4) is 0 Å². The van der Waals surface area contributed by atoms with E-state index in [1.165, 1.54) is 23.9 Å². The van der Waals surface area contributed by atoms with Gasteiger partial charge in [0.15, 0.2) is 5.16 Å². The summed E-state index contributed by atoms with van der Waals surface area (Å²) in [5.74, 6) is 0.193. The van der Waals surface area contributed by atoms with Crippen LogP contribution in [0.2, 0.25) is 0 Å². The van der Waals surface area contributed by atoms with Crippen LogP contribution < -0.4 is 5.56 Å². The molecule has 0 spiro atoms. The zero-order valence-corrected chi connectivity index (χ0v) is 15.7. The van der Waals surface area contributed by atoms with Gasteiger partial charge in [0.1, 0.15) is 5.82 Å². The van der Waals surface area contributed by atoms with Gasteiger partial charge in [0, 0.05) is 18.5 Å². The lowest BCUT2D eigenvalue weighted by atomic mass is 10.2. The Morgan fingerprint density at radius 1 is 1.23 bits per heavy atom.